The van der Waals surface area contributed by atoms with Crippen LogP contribution in [-0.2, 0) is 6.54 Å². The Labute approximate surface area is 126 Å². The van der Waals surface area contributed by atoms with E-state index in [0.29, 0.717) is 12.0 Å². The zero-order valence-corrected chi connectivity index (χ0v) is 12.6. The molecule has 0 saturated carbocycles. The Balaban J connectivity index is 1.49. The molecular weight excluding hydrogens is 268 g/mol. The first-order valence-electron chi connectivity index (χ1n) is 7.58. The van der Waals surface area contributed by atoms with E-state index in [1.165, 1.54) is 31.5 Å². The first-order valence-corrected chi connectivity index (χ1v) is 7.96. The van der Waals surface area contributed by atoms with Crippen LogP contribution in [0.25, 0.3) is 0 Å². The smallest absolute Gasteiger partial charge is 0.0409 e. The summed E-state index contributed by atoms with van der Waals surface area (Å²) in [6.45, 7) is 8.43. The highest BCUT2D eigenvalue weighted by Crippen LogP contribution is 2.36. The minimum atomic E-state index is 0.698. The van der Waals surface area contributed by atoms with Crippen molar-refractivity contribution in [1.29, 1.82) is 0 Å². The van der Waals surface area contributed by atoms with E-state index in [4.69, 9.17) is 11.6 Å². The molecule has 108 valence electrons. The molecular formula is C17H23ClN2. The Kier molecular flexibility index (Phi) is 4.45. The van der Waals surface area contributed by atoms with Crippen molar-refractivity contribution in [3.05, 3.63) is 47.5 Å². The molecule has 3 aliphatic heterocycles. The number of fused-ring (bicyclic) bond motifs is 3. The van der Waals surface area contributed by atoms with Crippen LogP contribution in [0.4, 0.5) is 0 Å². The molecule has 0 spiro atoms. The molecule has 2 nitrogen and oxygen atoms in total. The maximum Gasteiger partial charge on any atom is 0.0409 e. The van der Waals surface area contributed by atoms with Gasteiger partial charge in [0, 0.05) is 30.7 Å². The minimum absolute atomic E-state index is 0.698. The van der Waals surface area contributed by atoms with Gasteiger partial charge in [0.15, 0.2) is 0 Å². The molecule has 3 fully saturated rings. The Morgan fingerprint density at radius 3 is 3.05 bits per heavy atom. The summed E-state index contributed by atoms with van der Waals surface area (Å²) in [7, 11) is 0. The van der Waals surface area contributed by atoms with Crippen LogP contribution in [0.1, 0.15) is 18.4 Å². The highest BCUT2D eigenvalue weighted by atomic mass is 35.5. The topological polar surface area (TPSA) is 15.3 Å². The van der Waals surface area contributed by atoms with Gasteiger partial charge in [-0.2, -0.15) is 0 Å². The van der Waals surface area contributed by atoms with Gasteiger partial charge in [-0.15, -0.1) is 6.58 Å². The van der Waals surface area contributed by atoms with Crippen molar-refractivity contribution >= 4 is 11.6 Å². The quantitative estimate of drug-likeness (QED) is 0.837. The highest BCUT2D eigenvalue weighted by Gasteiger charge is 2.38. The van der Waals surface area contributed by atoms with Gasteiger partial charge in [0.25, 0.3) is 0 Å². The Morgan fingerprint density at radius 1 is 1.45 bits per heavy atom. The average molecular weight is 291 g/mol. The number of rotatable bonds is 5. The first-order chi connectivity index (χ1) is 9.76. The van der Waals surface area contributed by atoms with E-state index in [9.17, 15) is 0 Å². The van der Waals surface area contributed by atoms with Gasteiger partial charge in [-0.05, 0) is 48.9 Å². The van der Waals surface area contributed by atoms with Crippen LogP contribution in [-0.4, -0.2) is 30.6 Å². The fourth-order valence-electron chi connectivity index (χ4n) is 3.69. The predicted molar refractivity (Wildman–Crippen MR) is 84.9 cm³/mol. The lowest BCUT2D eigenvalue weighted by molar-refractivity contribution is 0.0195. The molecule has 2 bridgehead atoms. The number of nitrogens with one attached hydrogen (secondary N) is 1. The van der Waals surface area contributed by atoms with Crippen molar-refractivity contribution in [1.82, 2.24) is 10.2 Å². The van der Waals surface area contributed by atoms with Crippen molar-refractivity contribution < 1.29 is 0 Å². The molecule has 1 N–H and O–H groups in total. The average Bonchev–Trinajstić information content (AvgIpc) is 2.48. The second kappa shape index (κ2) is 6.30. The Hall–Kier alpha value is -0.830. The number of hydrogen-bond donors (Lipinski definition) is 1. The van der Waals surface area contributed by atoms with Crippen molar-refractivity contribution in [3.63, 3.8) is 0 Å². The summed E-state index contributed by atoms with van der Waals surface area (Å²) in [5.74, 6) is 1.57. The van der Waals surface area contributed by atoms with E-state index in [0.717, 1.165) is 24.0 Å². The van der Waals surface area contributed by atoms with Crippen LogP contribution in [0.3, 0.4) is 0 Å². The van der Waals surface area contributed by atoms with E-state index in [-0.39, 0.29) is 0 Å². The lowest BCUT2D eigenvalue weighted by atomic mass is 9.75. The molecule has 4 unspecified atom stereocenters. The number of benzene rings is 1. The normalized spacial score (nSPS) is 32.2. The van der Waals surface area contributed by atoms with Crippen LogP contribution in [0.5, 0.6) is 0 Å². The standard InChI is InChI=1S/C17H23ClN2/c1-2-14-12-20-7-6-15(14)9-17(20)11-19-10-13-4-3-5-16(18)8-13/h2-5,8,14-15,17,19H,1,6-7,9-12H2. The van der Waals surface area contributed by atoms with Gasteiger partial charge in [-0.25, -0.2) is 0 Å². The van der Waals surface area contributed by atoms with E-state index in [1.807, 2.05) is 18.2 Å². The van der Waals surface area contributed by atoms with Crippen LogP contribution in [0.2, 0.25) is 5.02 Å². The fourth-order valence-corrected chi connectivity index (χ4v) is 3.90. The second-order valence-electron chi connectivity index (χ2n) is 6.09. The molecule has 3 heteroatoms. The lowest BCUT2D eigenvalue weighted by Crippen LogP contribution is -2.55. The number of piperidine rings is 3. The molecule has 0 aliphatic carbocycles. The van der Waals surface area contributed by atoms with Crippen molar-refractivity contribution in [2.75, 3.05) is 19.6 Å². The van der Waals surface area contributed by atoms with Crippen molar-refractivity contribution in [3.8, 4) is 0 Å². The SMILES string of the molecule is C=CC1CN2CCC1CC2CNCc1cccc(Cl)c1. The van der Waals surface area contributed by atoms with E-state index >= 15 is 0 Å². The fraction of sp³-hybridized carbons (Fsp3) is 0.529. The molecule has 0 radical (unpaired) electrons. The highest BCUT2D eigenvalue weighted by molar-refractivity contribution is 6.30. The van der Waals surface area contributed by atoms with Gasteiger partial charge in [0.05, 0.1) is 0 Å². The minimum Gasteiger partial charge on any atom is -0.311 e. The zero-order valence-electron chi connectivity index (χ0n) is 11.9. The predicted octanol–water partition coefficient (Wildman–Crippen LogP) is 3.33. The Morgan fingerprint density at radius 2 is 2.35 bits per heavy atom. The molecule has 4 rings (SSSR count). The van der Waals surface area contributed by atoms with Gasteiger partial charge in [-0.3, -0.25) is 4.90 Å². The summed E-state index contributed by atoms with van der Waals surface area (Å²) in [5.41, 5.74) is 1.26. The second-order valence-corrected chi connectivity index (χ2v) is 6.53. The van der Waals surface area contributed by atoms with Crippen LogP contribution in [0.15, 0.2) is 36.9 Å². The maximum absolute atomic E-state index is 6.01. The van der Waals surface area contributed by atoms with E-state index in [2.05, 4.69) is 28.9 Å². The summed E-state index contributed by atoms with van der Waals surface area (Å²) in [6, 6.07) is 8.80. The summed E-state index contributed by atoms with van der Waals surface area (Å²) in [6.07, 6.45) is 4.83. The van der Waals surface area contributed by atoms with E-state index in [1.54, 1.807) is 0 Å². The van der Waals surface area contributed by atoms with Gasteiger partial charge in [0.2, 0.25) is 0 Å². The largest absolute Gasteiger partial charge is 0.311 e. The Bertz CT molecular complexity index is 474. The lowest BCUT2D eigenvalue weighted by Gasteiger charge is -2.49. The molecule has 3 aliphatic rings. The molecule has 20 heavy (non-hydrogen) atoms. The van der Waals surface area contributed by atoms with Crippen molar-refractivity contribution in [2.45, 2.75) is 25.4 Å². The molecule has 3 heterocycles. The van der Waals surface area contributed by atoms with Gasteiger partial charge < -0.3 is 5.32 Å². The van der Waals surface area contributed by atoms with Gasteiger partial charge >= 0.3 is 0 Å². The van der Waals surface area contributed by atoms with Crippen LogP contribution < -0.4 is 5.32 Å². The third kappa shape index (κ3) is 3.08. The summed E-state index contributed by atoms with van der Waals surface area (Å²) < 4.78 is 0. The first kappa shape index (κ1) is 14.1. The summed E-state index contributed by atoms with van der Waals surface area (Å²) >= 11 is 6.01. The van der Waals surface area contributed by atoms with E-state index < -0.39 is 0 Å². The third-order valence-corrected chi connectivity index (χ3v) is 5.07. The molecule has 3 saturated heterocycles. The molecule has 0 amide bonds. The maximum atomic E-state index is 6.01. The van der Waals surface area contributed by atoms with Crippen molar-refractivity contribution in [2.24, 2.45) is 11.8 Å². The van der Waals surface area contributed by atoms with Crippen LogP contribution >= 0.6 is 11.6 Å². The molecule has 4 atom stereocenters. The number of halogens is 1. The number of nitrogens with zero attached hydrogens (tertiary/aromatic N) is 1. The molecule has 1 aromatic rings. The molecule has 1 aromatic carbocycles. The monoisotopic (exact) mass is 290 g/mol. The summed E-state index contributed by atoms with van der Waals surface area (Å²) in [4.78, 5) is 2.64. The summed E-state index contributed by atoms with van der Waals surface area (Å²) in [5, 5.41) is 4.41. The number of hydrogen-bond acceptors (Lipinski definition) is 2. The molecule has 0 aromatic heterocycles. The van der Waals surface area contributed by atoms with Gasteiger partial charge in [-0.1, -0.05) is 29.8 Å². The zero-order chi connectivity index (χ0) is 13.9. The van der Waals surface area contributed by atoms with Crippen LogP contribution in [0, 0.1) is 11.8 Å². The van der Waals surface area contributed by atoms with Gasteiger partial charge in [0.1, 0.15) is 0 Å². The third-order valence-electron chi connectivity index (χ3n) is 4.83.